The first-order valence-electron chi connectivity index (χ1n) is 11.8. The first-order valence-corrected chi connectivity index (χ1v) is 12.6. The van der Waals surface area contributed by atoms with Gasteiger partial charge in [0.15, 0.2) is 11.5 Å². The highest BCUT2D eigenvalue weighted by Gasteiger charge is 2.21. The third kappa shape index (κ3) is 7.90. The molecule has 0 saturated carbocycles. The summed E-state index contributed by atoms with van der Waals surface area (Å²) >= 11 is 12.1. The van der Waals surface area contributed by atoms with Crippen molar-refractivity contribution in [1.29, 1.82) is 0 Å². The molecule has 0 atom stereocenters. The number of carbonyl (C=O) groups excluding carboxylic acids is 2. The van der Waals surface area contributed by atoms with Gasteiger partial charge in [-0.25, -0.2) is 0 Å². The molecule has 3 aromatic rings. The molecular formula is C28H30Cl2N2O4. The zero-order chi connectivity index (χ0) is 25.9. The number of methoxy groups -OCH3 is 1. The lowest BCUT2D eigenvalue weighted by atomic mass is 10.1. The second-order valence-electron chi connectivity index (χ2n) is 8.22. The zero-order valence-electron chi connectivity index (χ0n) is 20.4. The minimum Gasteiger partial charge on any atom is -0.493 e. The average molecular weight is 529 g/mol. The minimum atomic E-state index is -0.865. The van der Waals surface area contributed by atoms with E-state index in [1.54, 1.807) is 73.8 Å². The SMILES string of the molecule is CCCCCCOc1cc(C(NC(=O)c2cccc(Cl)c2)NC(=O)c2cccc(Cl)c2)ccc1OC. The molecule has 0 aromatic heterocycles. The molecule has 0 spiro atoms. The van der Waals surface area contributed by atoms with Gasteiger partial charge in [-0.1, -0.05) is 67.6 Å². The molecule has 0 saturated heterocycles. The van der Waals surface area contributed by atoms with Crippen LogP contribution in [0, 0.1) is 0 Å². The Morgan fingerprint density at radius 3 is 1.94 bits per heavy atom. The van der Waals surface area contributed by atoms with Crippen LogP contribution in [0.3, 0.4) is 0 Å². The van der Waals surface area contributed by atoms with Crippen LogP contribution in [0.2, 0.25) is 10.0 Å². The van der Waals surface area contributed by atoms with Crippen LogP contribution in [0.15, 0.2) is 66.7 Å². The average Bonchev–Trinajstić information content (AvgIpc) is 2.88. The maximum absolute atomic E-state index is 13.0. The molecule has 0 aliphatic heterocycles. The highest BCUT2D eigenvalue weighted by molar-refractivity contribution is 6.31. The van der Waals surface area contributed by atoms with Crippen molar-refractivity contribution in [3.63, 3.8) is 0 Å². The maximum Gasteiger partial charge on any atom is 0.253 e. The summed E-state index contributed by atoms with van der Waals surface area (Å²) in [6.07, 6.45) is 3.41. The molecule has 6 nitrogen and oxygen atoms in total. The van der Waals surface area contributed by atoms with E-state index in [9.17, 15) is 9.59 Å². The Morgan fingerprint density at radius 1 is 0.806 bits per heavy atom. The molecule has 3 rings (SSSR count). The Bertz CT molecular complexity index is 1130. The van der Waals surface area contributed by atoms with E-state index in [1.165, 1.54) is 0 Å². The lowest BCUT2D eigenvalue weighted by molar-refractivity contribution is 0.0883. The van der Waals surface area contributed by atoms with E-state index in [0.29, 0.717) is 44.8 Å². The molecule has 0 heterocycles. The standard InChI is InChI=1S/C28H30Cl2N2O4/c1-3-4-5-6-15-36-25-18-19(13-14-24(25)35-2)26(31-27(33)20-9-7-11-22(29)16-20)32-28(34)21-10-8-12-23(30)17-21/h7-14,16-18,26H,3-6,15H2,1-2H3,(H,31,33)(H,32,34). The molecule has 0 unspecified atom stereocenters. The van der Waals surface area contributed by atoms with Crippen LogP contribution in [0.25, 0.3) is 0 Å². The van der Waals surface area contributed by atoms with Crippen molar-refractivity contribution in [2.45, 2.75) is 38.8 Å². The fourth-order valence-corrected chi connectivity index (χ4v) is 3.97. The van der Waals surface area contributed by atoms with Crippen LogP contribution in [-0.4, -0.2) is 25.5 Å². The van der Waals surface area contributed by atoms with Crippen LogP contribution in [-0.2, 0) is 0 Å². The molecule has 2 N–H and O–H groups in total. The summed E-state index contributed by atoms with van der Waals surface area (Å²) in [5.74, 6) is 0.305. The summed E-state index contributed by atoms with van der Waals surface area (Å²) in [4.78, 5) is 26.1. The van der Waals surface area contributed by atoms with Gasteiger partial charge in [-0.15, -0.1) is 0 Å². The predicted molar refractivity (Wildman–Crippen MR) is 143 cm³/mol. The van der Waals surface area contributed by atoms with E-state index >= 15 is 0 Å². The second kappa shape index (κ2) is 13.8. The Morgan fingerprint density at radius 2 is 1.42 bits per heavy atom. The number of benzene rings is 3. The van der Waals surface area contributed by atoms with Crippen molar-refractivity contribution in [3.05, 3.63) is 93.5 Å². The summed E-state index contributed by atoms with van der Waals surface area (Å²) in [5.41, 5.74) is 1.35. The van der Waals surface area contributed by atoms with Crippen molar-refractivity contribution < 1.29 is 19.1 Å². The summed E-state index contributed by atoms with van der Waals surface area (Å²) in [6.45, 7) is 2.69. The van der Waals surface area contributed by atoms with E-state index in [0.717, 1.165) is 25.7 Å². The number of unbranched alkanes of at least 4 members (excludes halogenated alkanes) is 3. The van der Waals surface area contributed by atoms with Crippen LogP contribution in [0.1, 0.15) is 65.1 Å². The highest BCUT2D eigenvalue weighted by Crippen LogP contribution is 2.30. The third-order valence-corrected chi connectivity index (χ3v) is 5.97. The number of halogens is 2. The number of rotatable bonds is 12. The third-order valence-electron chi connectivity index (χ3n) is 5.50. The van der Waals surface area contributed by atoms with Gasteiger partial charge in [-0.2, -0.15) is 0 Å². The quantitative estimate of drug-likeness (QED) is 0.199. The number of amides is 2. The molecule has 2 amide bonds. The van der Waals surface area contributed by atoms with Crippen LogP contribution in [0.5, 0.6) is 11.5 Å². The van der Waals surface area contributed by atoms with Crippen LogP contribution >= 0.6 is 23.2 Å². The molecule has 0 aliphatic rings. The van der Waals surface area contributed by atoms with Crippen molar-refractivity contribution in [2.24, 2.45) is 0 Å². The first-order chi connectivity index (χ1) is 17.4. The fourth-order valence-electron chi connectivity index (χ4n) is 3.59. The summed E-state index contributed by atoms with van der Waals surface area (Å²) in [6, 6.07) is 18.5. The first kappa shape index (κ1) is 27.4. The number of nitrogens with one attached hydrogen (secondary N) is 2. The van der Waals surface area contributed by atoms with Gasteiger partial charge in [-0.3, -0.25) is 9.59 Å². The molecule has 190 valence electrons. The number of carbonyl (C=O) groups is 2. The normalized spacial score (nSPS) is 10.7. The van der Waals surface area contributed by atoms with E-state index in [4.69, 9.17) is 32.7 Å². The molecule has 0 aliphatic carbocycles. The van der Waals surface area contributed by atoms with Crippen LogP contribution < -0.4 is 20.1 Å². The minimum absolute atomic E-state index is 0.366. The van der Waals surface area contributed by atoms with E-state index in [2.05, 4.69) is 17.6 Å². The van der Waals surface area contributed by atoms with Gasteiger partial charge in [0, 0.05) is 21.2 Å². The lowest BCUT2D eigenvalue weighted by Gasteiger charge is -2.22. The van der Waals surface area contributed by atoms with Gasteiger partial charge in [0.2, 0.25) is 0 Å². The molecular weight excluding hydrogens is 499 g/mol. The van der Waals surface area contributed by atoms with Crippen LogP contribution in [0.4, 0.5) is 0 Å². The smallest absolute Gasteiger partial charge is 0.253 e. The van der Waals surface area contributed by atoms with Crippen molar-refractivity contribution >= 4 is 35.0 Å². The van der Waals surface area contributed by atoms with E-state index in [1.807, 2.05) is 0 Å². The molecule has 0 fully saturated rings. The summed E-state index contributed by atoms with van der Waals surface area (Å²) in [7, 11) is 1.57. The van der Waals surface area contributed by atoms with Crippen molar-refractivity contribution in [2.75, 3.05) is 13.7 Å². The van der Waals surface area contributed by atoms with Gasteiger partial charge in [0.05, 0.1) is 13.7 Å². The predicted octanol–water partition coefficient (Wildman–Crippen LogP) is 6.82. The van der Waals surface area contributed by atoms with E-state index in [-0.39, 0.29) is 0 Å². The Hall–Kier alpha value is -3.22. The maximum atomic E-state index is 13.0. The van der Waals surface area contributed by atoms with Crippen molar-refractivity contribution in [3.8, 4) is 11.5 Å². The Labute approximate surface area is 221 Å². The number of ether oxygens (including phenoxy) is 2. The second-order valence-corrected chi connectivity index (χ2v) is 9.09. The zero-order valence-corrected chi connectivity index (χ0v) is 21.9. The topological polar surface area (TPSA) is 76.7 Å². The molecule has 3 aromatic carbocycles. The number of hydrogen-bond acceptors (Lipinski definition) is 4. The molecule has 8 heteroatoms. The van der Waals surface area contributed by atoms with Gasteiger partial charge in [-0.05, 0) is 60.5 Å². The lowest BCUT2D eigenvalue weighted by Crippen LogP contribution is -2.41. The Kier molecular flexibility index (Phi) is 10.5. The number of hydrogen-bond donors (Lipinski definition) is 2. The van der Waals surface area contributed by atoms with Gasteiger partial charge >= 0.3 is 0 Å². The molecule has 0 bridgehead atoms. The highest BCUT2D eigenvalue weighted by atomic mass is 35.5. The molecule has 0 radical (unpaired) electrons. The summed E-state index contributed by atoms with van der Waals surface area (Å²) < 4.78 is 11.4. The Balaban J connectivity index is 1.87. The largest absolute Gasteiger partial charge is 0.493 e. The van der Waals surface area contributed by atoms with E-state index < -0.39 is 18.0 Å². The summed E-state index contributed by atoms with van der Waals surface area (Å²) in [5, 5.41) is 6.63. The molecule has 36 heavy (non-hydrogen) atoms. The van der Waals surface area contributed by atoms with Gasteiger partial charge in [0.1, 0.15) is 6.17 Å². The fraction of sp³-hybridized carbons (Fsp3) is 0.286. The monoisotopic (exact) mass is 528 g/mol. The van der Waals surface area contributed by atoms with Crippen molar-refractivity contribution in [1.82, 2.24) is 10.6 Å². The van der Waals surface area contributed by atoms with Gasteiger partial charge in [0.25, 0.3) is 11.8 Å². The van der Waals surface area contributed by atoms with Gasteiger partial charge < -0.3 is 20.1 Å².